The van der Waals surface area contributed by atoms with Crippen molar-refractivity contribution in [2.45, 2.75) is 56.8 Å². The highest BCUT2D eigenvalue weighted by Crippen LogP contribution is 2.34. The van der Waals surface area contributed by atoms with Crippen LogP contribution in [0.1, 0.15) is 50.3 Å². The number of likely N-dealkylation sites (tertiary alicyclic amines) is 1. The summed E-state index contributed by atoms with van der Waals surface area (Å²) < 4.78 is 22.6. The molecule has 2 atom stereocenters. The van der Waals surface area contributed by atoms with Gasteiger partial charge in [-0.3, -0.25) is 24.5 Å². The van der Waals surface area contributed by atoms with Crippen molar-refractivity contribution in [1.29, 1.82) is 0 Å². The largest absolute Gasteiger partial charge is 0.482 e. The van der Waals surface area contributed by atoms with E-state index < -0.39 is 6.10 Å². The summed E-state index contributed by atoms with van der Waals surface area (Å²) >= 11 is 0. The Labute approximate surface area is 299 Å². The van der Waals surface area contributed by atoms with Gasteiger partial charge >= 0.3 is 0 Å². The second-order valence-electron chi connectivity index (χ2n) is 13.6. The third kappa shape index (κ3) is 6.91. The van der Waals surface area contributed by atoms with Crippen molar-refractivity contribution in [3.63, 3.8) is 0 Å². The molecule has 15 heteroatoms. The van der Waals surface area contributed by atoms with Crippen LogP contribution >= 0.6 is 0 Å². The number of imide groups is 1. The molecule has 0 radical (unpaired) electrons. The van der Waals surface area contributed by atoms with E-state index >= 15 is 0 Å². The summed E-state index contributed by atoms with van der Waals surface area (Å²) in [6.45, 7) is 5.78. The molecule has 6 heterocycles. The van der Waals surface area contributed by atoms with Gasteiger partial charge in [-0.15, -0.1) is 0 Å². The number of ether oxygens (including phenoxy) is 1. The lowest BCUT2D eigenvalue weighted by molar-refractivity contribution is -0.133. The lowest BCUT2D eigenvalue weighted by atomic mass is 9.99. The summed E-state index contributed by atoms with van der Waals surface area (Å²) in [7, 11) is 0. The Balaban J connectivity index is 0.843. The number of anilines is 3. The number of nitrogens with one attached hydrogen (secondary N) is 2. The fourth-order valence-electron chi connectivity index (χ4n) is 7.23. The van der Waals surface area contributed by atoms with Crippen LogP contribution in [0.25, 0.3) is 16.8 Å². The van der Waals surface area contributed by atoms with Gasteiger partial charge in [0.1, 0.15) is 18.0 Å². The Bertz CT molecular complexity index is 2060. The molecule has 3 aliphatic rings. The molecule has 2 aromatic carbocycles. The Morgan fingerprint density at radius 1 is 0.942 bits per heavy atom. The number of hydrogen-bond acceptors (Lipinski definition) is 11. The average Bonchev–Trinajstić information content (AvgIpc) is 3.85. The summed E-state index contributed by atoms with van der Waals surface area (Å²) in [5.74, 6) is -0.243. The minimum atomic E-state index is -0.568. The number of hydrogen-bond donors (Lipinski definition) is 3. The fourth-order valence-corrected chi connectivity index (χ4v) is 7.23. The molecule has 0 saturated carbocycles. The highest BCUT2D eigenvalue weighted by Gasteiger charge is 2.35. The predicted molar refractivity (Wildman–Crippen MR) is 192 cm³/mol. The Morgan fingerprint density at radius 2 is 1.71 bits per heavy atom. The van der Waals surface area contributed by atoms with Gasteiger partial charge in [0, 0.05) is 79.1 Å². The summed E-state index contributed by atoms with van der Waals surface area (Å²) in [5.41, 5.74) is 11.2. The molecule has 3 aromatic heterocycles. The third-order valence-electron chi connectivity index (χ3n) is 10.2. The number of nitrogens with zero attached hydrogens (tertiary/aromatic N) is 8. The molecule has 8 rings (SSSR count). The molecule has 52 heavy (non-hydrogen) atoms. The van der Waals surface area contributed by atoms with E-state index in [1.807, 2.05) is 31.3 Å². The molecule has 3 aliphatic heterocycles. The maximum Gasteiger partial charge on any atom is 0.249 e. The molecule has 3 saturated heterocycles. The minimum Gasteiger partial charge on any atom is -0.482 e. The maximum atomic E-state index is 14.3. The quantitative estimate of drug-likeness (QED) is 0.179. The van der Waals surface area contributed by atoms with Gasteiger partial charge in [-0.05, 0) is 74.7 Å². The van der Waals surface area contributed by atoms with Gasteiger partial charge < -0.3 is 20.7 Å². The van der Waals surface area contributed by atoms with E-state index in [4.69, 9.17) is 15.6 Å². The molecule has 1 unspecified atom stereocenters. The van der Waals surface area contributed by atoms with Gasteiger partial charge in [-0.2, -0.15) is 20.1 Å². The first-order valence-corrected chi connectivity index (χ1v) is 17.6. The van der Waals surface area contributed by atoms with Gasteiger partial charge in [0.25, 0.3) is 0 Å². The molecule has 4 N–H and O–H groups in total. The van der Waals surface area contributed by atoms with Crippen LogP contribution in [0.15, 0.2) is 79.5 Å². The number of nitrogens with two attached hydrogens (primary N) is 1. The Kier molecular flexibility index (Phi) is 9.01. The van der Waals surface area contributed by atoms with Gasteiger partial charge in [0.15, 0.2) is 11.6 Å². The van der Waals surface area contributed by atoms with E-state index in [9.17, 15) is 14.0 Å². The zero-order valence-corrected chi connectivity index (χ0v) is 28.7. The van der Waals surface area contributed by atoms with E-state index in [0.717, 1.165) is 61.5 Å². The van der Waals surface area contributed by atoms with Crippen molar-refractivity contribution < 1.29 is 18.7 Å². The number of carbonyl (C=O) groups excluding carboxylic acids is 2. The molecular formula is C37H40FN11O3. The monoisotopic (exact) mass is 705 g/mol. The van der Waals surface area contributed by atoms with E-state index in [1.165, 1.54) is 16.9 Å². The standard InChI is InChI=1S/C37H40FN11O3/c1-23(31-17-26(38)2-8-33(31)49-41-12-13-42-49)52-34-16-24(18-40-36(34)39)25-19-43-48(20-25)29-10-14-46(15-11-29)30-21-47(22-30)28-5-3-27(4-6-28)44-32-7-9-35(50)45-37(32)51/h2-6,8,12-13,16-20,23,29-30,32,44H,7,9-11,14-15,21-22H2,1H3,(H2,39,40)(H,45,50,51)/t23-,32?/m1/s1. The first-order chi connectivity index (χ1) is 25.3. The summed E-state index contributed by atoms with van der Waals surface area (Å²) in [6, 6.07) is 14.8. The van der Waals surface area contributed by atoms with Crippen LogP contribution in [0, 0.1) is 5.82 Å². The minimum absolute atomic E-state index is 0.213. The zero-order chi connectivity index (χ0) is 35.8. The van der Waals surface area contributed by atoms with Crippen LogP contribution < -0.4 is 26.0 Å². The van der Waals surface area contributed by atoms with E-state index in [1.54, 1.807) is 24.7 Å². The number of amides is 2. The highest BCUT2D eigenvalue weighted by atomic mass is 19.1. The van der Waals surface area contributed by atoms with Crippen LogP contribution in [-0.4, -0.2) is 84.7 Å². The van der Waals surface area contributed by atoms with Gasteiger partial charge in [0.2, 0.25) is 11.8 Å². The van der Waals surface area contributed by atoms with Gasteiger partial charge in [0.05, 0.1) is 30.3 Å². The first-order valence-electron chi connectivity index (χ1n) is 17.6. The normalized spacial score (nSPS) is 19.3. The second kappa shape index (κ2) is 14.1. The first kappa shape index (κ1) is 33.3. The molecule has 5 aromatic rings. The van der Waals surface area contributed by atoms with E-state index in [-0.39, 0.29) is 29.5 Å². The number of nitrogen functional groups attached to an aromatic ring is 1. The zero-order valence-electron chi connectivity index (χ0n) is 28.7. The third-order valence-corrected chi connectivity index (χ3v) is 10.2. The smallest absolute Gasteiger partial charge is 0.249 e. The number of benzene rings is 2. The topological polar surface area (TPSA) is 161 Å². The van der Waals surface area contributed by atoms with Crippen molar-refractivity contribution in [3.8, 4) is 22.6 Å². The van der Waals surface area contributed by atoms with Crippen LogP contribution in [0.4, 0.5) is 21.6 Å². The van der Waals surface area contributed by atoms with Crippen molar-refractivity contribution in [2.75, 3.05) is 42.1 Å². The molecule has 268 valence electrons. The number of carbonyl (C=O) groups is 2. The number of piperidine rings is 2. The maximum absolute atomic E-state index is 14.3. The van der Waals surface area contributed by atoms with Crippen LogP contribution in [0.3, 0.4) is 0 Å². The molecule has 2 amide bonds. The highest BCUT2D eigenvalue weighted by molar-refractivity contribution is 6.01. The van der Waals surface area contributed by atoms with Gasteiger partial charge in [-0.1, -0.05) is 0 Å². The van der Waals surface area contributed by atoms with Crippen LogP contribution in [0.5, 0.6) is 5.75 Å². The number of aromatic nitrogens is 6. The lowest BCUT2D eigenvalue weighted by Gasteiger charge is -2.48. The van der Waals surface area contributed by atoms with Gasteiger partial charge in [-0.25, -0.2) is 9.37 Å². The van der Waals surface area contributed by atoms with Crippen LogP contribution in [-0.2, 0) is 9.59 Å². The Hall–Kier alpha value is -5.83. The van der Waals surface area contributed by atoms with Crippen molar-refractivity contribution in [3.05, 3.63) is 90.9 Å². The SMILES string of the molecule is C[C@@H](Oc1cc(-c2cnn(C3CCN(C4CN(c5ccc(NC6CCC(=O)NC6=O)cc5)C4)CC3)c2)cnc1N)c1cc(F)ccc1-n1nccn1. The molecule has 14 nitrogen and oxygen atoms in total. The summed E-state index contributed by atoms with van der Waals surface area (Å²) in [6.07, 6.45) is 11.0. The number of halogens is 1. The van der Waals surface area contributed by atoms with Crippen molar-refractivity contribution in [2.24, 2.45) is 0 Å². The predicted octanol–water partition coefficient (Wildman–Crippen LogP) is 4.13. The molecule has 0 aliphatic carbocycles. The molecule has 3 fully saturated rings. The van der Waals surface area contributed by atoms with E-state index in [2.05, 4.69) is 58.6 Å². The molecular weight excluding hydrogens is 665 g/mol. The number of rotatable bonds is 10. The summed E-state index contributed by atoms with van der Waals surface area (Å²) in [5, 5.41) is 18.7. The lowest BCUT2D eigenvalue weighted by Crippen LogP contribution is -2.61. The summed E-state index contributed by atoms with van der Waals surface area (Å²) in [4.78, 5) is 34.3. The molecule has 0 spiro atoms. The van der Waals surface area contributed by atoms with Crippen molar-refractivity contribution in [1.82, 2.24) is 40.0 Å². The van der Waals surface area contributed by atoms with Crippen molar-refractivity contribution >= 4 is 29.0 Å². The second-order valence-corrected chi connectivity index (χ2v) is 13.6. The fraction of sp³-hybridized carbons (Fsp3) is 0.351. The average molecular weight is 706 g/mol. The van der Waals surface area contributed by atoms with Crippen LogP contribution in [0.2, 0.25) is 0 Å². The number of pyridine rings is 1. The molecule has 0 bridgehead atoms. The Morgan fingerprint density at radius 3 is 2.46 bits per heavy atom. The van der Waals surface area contributed by atoms with E-state index in [0.29, 0.717) is 41.9 Å².